The number of rotatable bonds is 8. The van der Waals surface area contributed by atoms with E-state index in [4.69, 9.17) is 36.9 Å². The monoisotopic (exact) mass is 466 g/mol. The van der Waals surface area contributed by atoms with Crippen molar-refractivity contribution in [2.24, 2.45) is 0 Å². The number of nitrogens with zero attached hydrogens (tertiary/aromatic N) is 2. The number of thiol groups is 2. The summed E-state index contributed by atoms with van der Waals surface area (Å²) in [5, 5.41) is 0.781. The van der Waals surface area contributed by atoms with Crippen LogP contribution in [0.2, 0.25) is 5.02 Å². The minimum Gasteiger partial charge on any atom is -0.340 e. The van der Waals surface area contributed by atoms with Crippen LogP contribution in [0.4, 0.5) is 11.4 Å². The van der Waals surface area contributed by atoms with Crippen LogP contribution in [0.5, 0.6) is 0 Å². The number of anilines is 2. The summed E-state index contributed by atoms with van der Waals surface area (Å²) in [6.07, 6.45) is 1.05. The Labute approximate surface area is 196 Å². The van der Waals surface area contributed by atoms with E-state index in [1.807, 2.05) is 17.8 Å². The van der Waals surface area contributed by atoms with Crippen LogP contribution < -0.4 is 4.90 Å². The van der Waals surface area contributed by atoms with Gasteiger partial charge in [0.25, 0.3) is 0 Å². The molecule has 0 saturated heterocycles. The average Bonchev–Trinajstić information content (AvgIpc) is 2.58. The van der Waals surface area contributed by atoms with Crippen LogP contribution in [0.1, 0.15) is 34.1 Å². The fraction of sp³-hybridized carbons (Fsp3) is 0.478. The Morgan fingerprint density at radius 3 is 2.21 bits per heavy atom. The summed E-state index contributed by atoms with van der Waals surface area (Å²) < 4.78 is -0.0684. The third-order valence-corrected chi connectivity index (χ3v) is 6.31. The number of hydrogen-bond acceptors (Lipinski definition) is 5. The zero-order valence-electron chi connectivity index (χ0n) is 17.7. The van der Waals surface area contributed by atoms with Crippen LogP contribution in [-0.4, -0.2) is 40.6 Å². The summed E-state index contributed by atoms with van der Waals surface area (Å²) in [7, 11) is 0. The normalized spacial score (nSPS) is 14.1. The van der Waals surface area contributed by atoms with Crippen molar-refractivity contribution in [3.05, 3.63) is 47.5 Å². The first-order valence-electron chi connectivity index (χ1n) is 10.0. The molecule has 0 fully saturated rings. The van der Waals surface area contributed by atoms with Crippen molar-refractivity contribution in [3.63, 3.8) is 0 Å². The Kier molecular flexibility index (Phi) is 7.49. The van der Waals surface area contributed by atoms with Crippen molar-refractivity contribution in [1.82, 2.24) is 4.90 Å². The second-order valence-corrected chi connectivity index (χ2v) is 13.0. The highest BCUT2D eigenvalue weighted by atomic mass is 35.5. The molecule has 0 atom stereocenters. The minimum absolute atomic E-state index is 0.0342. The first-order chi connectivity index (χ1) is 13.5. The van der Waals surface area contributed by atoms with Gasteiger partial charge in [0.2, 0.25) is 0 Å². The van der Waals surface area contributed by atoms with Gasteiger partial charge in [-0.05, 0) is 71.0 Å². The van der Waals surface area contributed by atoms with Gasteiger partial charge in [0.05, 0.1) is 11.4 Å². The smallest absolute Gasteiger partial charge is 0.0567 e. The molecule has 0 bridgehead atoms. The lowest BCUT2D eigenvalue weighted by atomic mass is 10.1. The van der Waals surface area contributed by atoms with Crippen molar-refractivity contribution in [1.29, 1.82) is 0 Å². The SMILES string of the molecule is CC(C)(S)CN(CCCN1c2ccccc2Sc2ccc(Cl)cc21)CC(C)(C)S. The summed E-state index contributed by atoms with van der Waals surface area (Å²) in [5.74, 6) is 0. The van der Waals surface area contributed by atoms with Crippen LogP contribution in [-0.2, 0) is 0 Å². The van der Waals surface area contributed by atoms with Gasteiger partial charge in [-0.1, -0.05) is 35.5 Å². The highest BCUT2D eigenvalue weighted by Gasteiger charge is 2.25. The Hall–Kier alpha value is -0.460. The third-order valence-electron chi connectivity index (χ3n) is 4.66. The number of halogens is 1. The minimum atomic E-state index is -0.0342. The average molecular weight is 467 g/mol. The number of hydrogen-bond donors (Lipinski definition) is 2. The lowest BCUT2D eigenvalue weighted by Crippen LogP contribution is -2.42. The molecule has 6 heteroatoms. The van der Waals surface area contributed by atoms with Crippen LogP contribution in [0, 0.1) is 0 Å². The number of benzene rings is 2. The molecule has 0 aliphatic carbocycles. The third kappa shape index (κ3) is 6.76. The first-order valence-corrected chi connectivity index (χ1v) is 12.1. The highest BCUT2D eigenvalue weighted by Crippen LogP contribution is 2.48. The Morgan fingerprint density at radius 1 is 0.931 bits per heavy atom. The van der Waals surface area contributed by atoms with Gasteiger partial charge in [-0.15, -0.1) is 0 Å². The Bertz CT molecular complexity index is 827. The summed E-state index contributed by atoms with van der Waals surface area (Å²) >= 11 is 17.7. The molecular formula is C23H31ClN2S3. The molecule has 0 radical (unpaired) electrons. The maximum absolute atomic E-state index is 6.34. The molecule has 2 aromatic carbocycles. The predicted octanol–water partition coefficient (Wildman–Crippen LogP) is 7.05. The molecule has 3 rings (SSSR count). The number of para-hydroxylation sites is 1. The Balaban J connectivity index is 1.76. The van der Waals surface area contributed by atoms with Gasteiger partial charge in [0.15, 0.2) is 0 Å². The largest absolute Gasteiger partial charge is 0.340 e. The standard InChI is InChI=1S/C23H31ClN2S3/c1-22(2,27)15-25(16-23(3,4)28)12-7-13-26-18-8-5-6-9-20(18)29-21-11-10-17(24)14-19(21)26/h5-6,8-11,14,27-28H,7,12-13,15-16H2,1-4H3. The summed E-state index contributed by atoms with van der Waals surface area (Å²) in [4.78, 5) is 7.47. The van der Waals surface area contributed by atoms with Crippen molar-refractivity contribution >= 4 is 60.0 Å². The van der Waals surface area contributed by atoms with E-state index in [0.717, 1.165) is 37.6 Å². The van der Waals surface area contributed by atoms with E-state index in [1.165, 1.54) is 21.2 Å². The van der Waals surface area contributed by atoms with Gasteiger partial charge in [0, 0.05) is 43.9 Å². The first kappa shape index (κ1) is 23.2. The van der Waals surface area contributed by atoms with E-state index in [-0.39, 0.29) is 9.49 Å². The highest BCUT2D eigenvalue weighted by molar-refractivity contribution is 7.99. The van der Waals surface area contributed by atoms with Crippen LogP contribution in [0.15, 0.2) is 52.3 Å². The predicted molar refractivity (Wildman–Crippen MR) is 136 cm³/mol. The van der Waals surface area contributed by atoms with Crippen molar-refractivity contribution in [2.75, 3.05) is 31.1 Å². The molecule has 0 spiro atoms. The van der Waals surface area contributed by atoms with Gasteiger partial charge in [-0.25, -0.2) is 0 Å². The molecule has 0 aromatic heterocycles. The van der Waals surface area contributed by atoms with Crippen molar-refractivity contribution in [3.8, 4) is 0 Å². The zero-order valence-corrected chi connectivity index (χ0v) is 21.0. The topological polar surface area (TPSA) is 6.48 Å². The van der Waals surface area contributed by atoms with E-state index in [0.29, 0.717) is 0 Å². The quantitative estimate of drug-likeness (QED) is 0.402. The van der Waals surface area contributed by atoms with Gasteiger partial charge in [0.1, 0.15) is 0 Å². The molecule has 0 unspecified atom stereocenters. The summed E-state index contributed by atoms with van der Waals surface area (Å²) in [6, 6.07) is 14.8. The fourth-order valence-corrected chi connectivity index (χ4v) is 5.45. The fourth-order valence-electron chi connectivity index (χ4n) is 3.80. The molecule has 2 nitrogen and oxygen atoms in total. The molecule has 0 saturated carbocycles. The van der Waals surface area contributed by atoms with E-state index in [2.05, 4.69) is 73.9 Å². The summed E-state index contributed by atoms with van der Waals surface area (Å²) in [5.41, 5.74) is 2.47. The molecule has 0 N–H and O–H groups in total. The lowest BCUT2D eigenvalue weighted by molar-refractivity contribution is 0.239. The second-order valence-electron chi connectivity index (χ2n) is 9.02. The van der Waals surface area contributed by atoms with E-state index < -0.39 is 0 Å². The van der Waals surface area contributed by atoms with Gasteiger partial charge >= 0.3 is 0 Å². The van der Waals surface area contributed by atoms with E-state index in [1.54, 1.807) is 0 Å². The van der Waals surface area contributed by atoms with Crippen LogP contribution in [0.25, 0.3) is 0 Å². The van der Waals surface area contributed by atoms with Crippen molar-refractivity contribution < 1.29 is 0 Å². The zero-order chi connectivity index (χ0) is 21.2. The molecular weight excluding hydrogens is 436 g/mol. The maximum atomic E-state index is 6.34. The van der Waals surface area contributed by atoms with Gasteiger partial charge in [-0.2, -0.15) is 25.3 Å². The van der Waals surface area contributed by atoms with Gasteiger partial charge < -0.3 is 9.80 Å². The van der Waals surface area contributed by atoms with E-state index in [9.17, 15) is 0 Å². The maximum Gasteiger partial charge on any atom is 0.0567 e. The molecule has 1 aliphatic rings. The molecule has 2 aromatic rings. The molecule has 158 valence electrons. The molecule has 29 heavy (non-hydrogen) atoms. The number of fused-ring (bicyclic) bond motifs is 2. The van der Waals surface area contributed by atoms with Crippen LogP contribution >= 0.6 is 48.6 Å². The second kappa shape index (κ2) is 9.35. The summed E-state index contributed by atoms with van der Waals surface area (Å²) in [6.45, 7) is 12.5. The molecule has 1 heterocycles. The molecule has 1 aliphatic heterocycles. The van der Waals surface area contributed by atoms with E-state index >= 15 is 0 Å². The van der Waals surface area contributed by atoms with Crippen LogP contribution in [0.3, 0.4) is 0 Å². The Morgan fingerprint density at radius 2 is 1.55 bits per heavy atom. The lowest BCUT2D eigenvalue weighted by Gasteiger charge is -2.36. The molecule has 0 amide bonds. The van der Waals surface area contributed by atoms with Gasteiger partial charge in [-0.3, -0.25) is 0 Å². The van der Waals surface area contributed by atoms with Crippen molar-refractivity contribution in [2.45, 2.75) is 53.4 Å².